The van der Waals surface area contributed by atoms with E-state index in [1.807, 2.05) is 13.8 Å². The molecule has 0 saturated heterocycles. The quantitative estimate of drug-likeness (QED) is 0.452. The number of nitro groups is 1. The average Bonchev–Trinajstić information content (AvgIpc) is 2.19. The minimum atomic E-state index is -0.519. The zero-order valence-electron chi connectivity index (χ0n) is 8.55. The van der Waals surface area contributed by atoms with Gasteiger partial charge in [0.1, 0.15) is 18.2 Å². The van der Waals surface area contributed by atoms with E-state index < -0.39 is 4.92 Å². The van der Waals surface area contributed by atoms with Crippen molar-refractivity contribution in [1.29, 1.82) is 0 Å². The second kappa shape index (κ2) is 5.02. The Balaban J connectivity index is 2.92. The van der Waals surface area contributed by atoms with E-state index in [0.29, 0.717) is 5.82 Å². The lowest BCUT2D eigenvalue weighted by Gasteiger charge is -2.14. The molecule has 2 unspecified atom stereocenters. The second-order valence-corrected chi connectivity index (χ2v) is 3.94. The Bertz CT molecular complexity index is 340. The van der Waals surface area contributed by atoms with E-state index in [4.69, 9.17) is 11.6 Å². The highest BCUT2D eigenvalue weighted by Gasteiger charge is 2.19. The Morgan fingerprint density at radius 2 is 2.07 bits per heavy atom. The van der Waals surface area contributed by atoms with Crippen LogP contribution in [-0.2, 0) is 0 Å². The highest BCUT2D eigenvalue weighted by Crippen LogP contribution is 2.24. The molecule has 15 heavy (non-hydrogen) atoms. The number of hydrogen-bond acceptors (Lipinski definition) is 4. The van der Waals surface area contributed by atoms with Crippen LogP contribution in [-0.4, -0.2) is 20.3 Å². The minimum Gasteiger partial charge on any atom is -0.258 e. The summed E-state index contributed by atoms with van der Waals surface area (Å²) in [7, 11) is 0. The maximum absolute atomic E-state index is 10.4. The van der Waals surface area contributed by atoms with Gasteiger partial charge in [0.25, 0.3) is 0 Å². The zero-order valence-corrected chi connectivity index (χ0v) is 9.31. The third-order valence-electron chi connectivity index (χ3n) is 2.19. The molecule has 0 spiro atoms. The SMILES string of the molecule is CCC(c1ncc([N+](=O)[O-])cn1)C(C)Cl. The summed E-state index contributed by atoms with van der Waals surface area (Å²) in [5.41, 5.74) is -0.101. The number of alkyl halides is 1. The summed E-state index contributed by atoms with van der Waals surface area (Å²) in [6, 6.07) is 0. The van der Waals surface area contributed by atoms with Crippen molar-refractivity contribution >= 4 is 17.3 Å². The molecule has 82 valence electrons. The molecule has 0 saturated carbocycles. The van der Waals surface area contributed by atoms with E-state index >= 15 is 0 Å². The van der Waals surface area contributed by atoms with Gasteiger partial charge >= 0.3 is 5.69 Å². The Labute approximate surface area is 92.7 Å². The molecule has 1 aromatic heterocycles. The molecule has 0 aliphatic heterocycles. The summed E-state index contributed by atoms with van der Waals surface area (Å²) in [6.45, 7) is 3.84. The van der Waals surface area contributed by atoms with Crippen molar-refractivity contribution in [3.63, 3.8) is 0 Å². The van der Waals surface area contributed by atoms with Gasteiger partial charge in [-0.25, -0.2) is 9.97 Å². The van der Waals surface area contributed by atoms with Crippen LogP contribution in [0.2, 0.25) is 0 Å². The first kappa shape index (κ1) is 11.8. The van der Waals surface area contributed by atoms with Gasteiger partial charge in [-0.15, -0.1) is 11.6 Å². The van der Waals surface area contributed by atoms with Crippen molar-refractivity contribution in [3.8, 4) is 0 Å². The molecule has 0 aromatic carbocycles. The van der Waals surface area contributed by atoms with Crippen LogP contribution < -0.4 is 0 Å². The largest absolute Gasteiger partial charge is 0.305 e. The zero-order chi connectivity index (χ0) is 11.4. The van der Waals surface area contributed by atoms with E-state index in [1.165, 1.54) is 12.4 Å². The number of aromatic nitrogens is 2. The first-order chi connectivity index (χ1) is 7.06. The molecule has 0 radical (unpaired) electrons. The molecule has 1 aromatic rings. The maximum Gasteiger partial charge on any atom is 0.305 e. The molecule has 2 atom stereocenters. The number of halogens is 1. The van der Waals surface area contributed by atoms with Crippen LogP contribution in [0.5, 0.6) is 0 Å². The van der Waals surface area contributed by atoms with Gasteiger partial charge in [0.15, 0.2) is 0 Å². The van der Waals surface area contributed by atoms with Crippen LogP contribution in [0.25, 0.3) is 0 Å². The molecule has 5 nitrogen and oxygen atoms in total. The highest BCUT2D eigenvalue weighted by molar-refractivity contribution is 6.20. The first-order valence-corrected chi connectivity index (χ1v) is 5.10. The Hall–Kier alpha value is -1.23. The van der Waals surface area contributed by atoms with E-state index in [1.54, 1.807) is 0 Å². The molecule has 6 heteroatoms. The van der Waals surface area contributed by atoms with Gasteiger partial charge in [-0.05, 0) is 13.3 Å². The van der Waals surface area contributed by atoms with Crippen LogP contribution in [0.4, 0.5) is 5.69 Å². The predicted octanol–water partition coefficient (Wildman–Crippen LogP) is 2.51. The maximum atomic E-state index is 10.4. The van der Waals surface area contributed by atoms with Crippen LogP contribution in [0.3, 0.4) is 0 Å². The molecular formula is C9H12ClN3O2. The Kier molecular flexibility index (Phi) is 3.96. The van der Waals surface area contributed by atoms with Crippen LogP contribution in [0.1, 0.15) is 32.0 Å². The van der Waals surface area contributed by atoms with Crippen molar-refractivity contribution < 1.29 is 4.92 Å². The van der Waals surface area contributed by atoms with Crippen molar-refractivity contribution in [3.05, 3.63) is 28.3 Å². The second-order valence-electron chi connectivity index (χ2n) is 3.25. The summed E-state index contributed by atoms with van der Waals surface area (Å²) in [5.74, 6) is 0.595. The monoisotopic (exact) mass is 229 g/mol. The summed E-state index contributed by atoms with van der Waals surface area (Å²) in [6.07, 6.45) is 3.23. The fraction of sp³-hybridized carbons (Fsp3) is 0.556. The van der Waals surface area contributed by atoms with Crippen molar-refractivity contribution in [2.75, 3.05) is 0 Å². The molecule has 0 fully saturated rings. The molecule has 0 aliphatic carbocycles. The van der Waals surface area contributed by atoms with E-state index in [-0.39, 0.29) is 17.0 Å². The fourth-order valence-electron chi connectivity index (χ4n) is 1.33. The number of rotatable bonds is 4. The molecule has 1 rings (SSSR count). The van der Waals surface area contributed by atoms with E-state index in [2.05, 4.69) is 9.97 Å². The molecule has 0 amide bonds. The fourth-order valence-corrected chi connectivity index (χ4v) is 1.62. The van der Waals surface area contributed by atoms with Gasteiger partial charge < -0.3 is 0 Å². The van der Waals surface area contributed by atoms with Gasteiger partial charge in [0.05, 0.1) is 4.92 Å². The summed E-state index contributed by atoms with van der Waals surface area (Å²) < 4.78 is 0. The van der Waals surface area contributed by atoms with Gasteiger partial charge in [-0.2, -0.15) is 0 Å². The molecular weight excluding hydrogens is 218 g/mol. The number of nitrogens with zero attached hydrogens (tertiary/aromatic N) is 3. The smallest absolute Gasteiger partial charge is 0.258 e. The summed E-state index contributed by atoms with van der Waals surface area (Å²) in [5, 5.41) is 10.3. The Morgan fingerprint density at radius 1 is 1.53 bits per heavy atom. The average molecular weight is 230 g/mol. The third kappa shape index (κ3) is 2.86. The lowest BCUT2D eigenvalue weighted by molar-refractivity contribution is -0.385. The molecule has 0 N–H and O–H groups in total. The topological polar surface area (TPSA) is 68.9 Å². The predicted molar refractivity (Wildman–Crippen MR) is 57.0 cm³/mol. The highest BCUT2D eigenvalue weighted by atomic mass is 35.5. The lowest BCUT2D eigenvalue weighted by atomic mass is 10.0. The molecule has 0 aliphatic rings. The lowest BCUT2D eigenvalue weighted by Crippen LogP contribution is -2.12. The minimum absolute atomic E-state index is 0.0347. The van der Waals surface area contributed by atoms with Crippen molar-refractivity contribution in [1.82, 2.24) is 9.97 Å². The van der Waals surface area contributed by atoms with Gasteiger partial charge in [0.2, 0.25) is 0 Å². The van der Waals surface area contributed by atoms with Gasteiger partial charge in [-0.1, -0.05) is 6.92 Å². The van der Waals surface area contributed by atoms with Crippen LogP contribution >= 0.6 is 11.6 Å². The summed E-state index contributed by atoms with van der Waals surface area (Å²) >= 11 is 5.97. The molecule has 0 bridgehead atoms. The van der Waals surface area contributed by atoms with Gasteiger partial charge in [0, 0.05) is 11.3 Å². The third-order valence-corrected chi connectivity index (χ3v) is 2.50. The Morgan fingerprint density at radius 3 is 2.40 bits per heavy atom. The summed E-state index contributed by atoms with van der Waals surface area (Å²) in [4.78, 5) is 17.8. The number of hydrogen-bond donors (Lipinski definition) is 0. The van der Waals surface area contributed by atoms with Crippen molar-refractivity contribution in [2.24, 2.45) is 0 Å². The van der Waals surface area contributed by atoms with E-state index in [0.717, 1.165) is 6.42 Å². The van der Waals surface area contributed by atoms with Crippen LogP contribution in [0.15, 0.2) is 12.4 Å². The standard InChI is InChI=1S/C9H12ClN3O2/c1-3-8(6(2)10)9-11-4-7(5-12-9)13(14)15/h4-6,8H,3H2,1-2H3. The normalized spacial score (nSPS) is 14.6. The molecule has 1 heterocycles. The van der Waals surface area contributed by atoms with Crippen molar-refractivity contribution in [2.45, 2.75) is 31.6 Å². The van der Waals surface area contributed by atoms with Crippen LogP contribution in [0, 0.1) is 10.1 Å². The van der Waals surface area contributed by atoms with E-state index in [9.17, 15) is 10.1 Å². The van der Waals surface area contributed by atoms with Gasteiger partial charge in [-0.3, -0.25) is 10.1 Å². The first-order valence-electron chi connectivity index (χ1n) is 4.66.